The van der Waals surface area contributed by atoms with Crippen LogP contribution < -0.4 is 0 Å². The lowest BCUT2D eigenvalue weighted by atomic mass is 9.97. The average Bonchev–Trinajstić information content (AvgIpc) is 3.50. The maximum atomic E-state index is 2.50. The van der Waals surface area contributed by atoms with E-state index in [0.717, 1.165) is 25.7 Å². The monoisotopic (exact) mass is 488 g/mol. The molecule has 0 spiro atoms. The minimum Gasteiger partial charge on any atom is -0.313 e. The van der Waals surface area contributed by atoms with E-state index in [1.165, 1.54) is 66.5 Å². The molecule has 2 nitrogen and oxygen atoms in total. The molecule has 0 bridgehead atoms. The minimum absolute atomic E-state index is 1.09. The van der Waals surface area contributed by atoms with E-state index in [4.69, 9.17) is 0 Å². The van der Waals surface area contributed by atoms with Crippen LogP contribution in [0.2, 0.25) is 0 Å². The predicted octanol–water partition coefficient (Wildman–Crippen LogP) is 9.56. The summed E-state index contributed by atoms with van der Waals surface area (Å²) in [4.78, 5) is 0. The molecule has 6 aromatic rings. The first-order valence-electron chi connectivity index (χ1n) is 13.7. The Labute approximate surface area is 222 Å². The number of fused-ring (bicyclic) bond motifs is 6. The second-order valence-corrected chi connectivity index (χ2v) is 10.4. The first-order valence-corrected chi connectivity index (χ1v) is 13.7. The highest BCUT2D eigenvalue weighted by Gasteiger charge is 2.20. The molecule has 0 unspecified atom stereocenters. The Morgan fingerprint density at radius 2 is 1.26 bits per heavy atom. The molecule has 182 valence electrons. The first-order chi connectivity index (χ1) is 18.9. The number of benzene rings is 4. The zero-order chi connectivity index (χ0) is 25.1. The van der Waals surface area contributed by atoms with Crippen molar-refractivity contribution in [3.8, 4) is 16.8 Å². The van der Waals surface area contributed by atoms with Crippen molar-refractivity contribution in [3.63, 3.8) is 0 Å². The Balaban J connectivity index is 1.33. The molecular weight excluding hydrogens is 460 g/mol. The van der Waals surface area contributed by atoms with Crippen LogP contribution in [0.15, 0.2) is 115 Å². The van der Waals surface area contributed by atoms with Crippen molar-refractivity contribution in [1.29, 1.82) is 0 Å². The number of hydrogen-bond donors (Lipinski definition) is 0. The Morgan fingerprint density at radius 1 is 0.553 bits per heavy atom. The zero-order valence-corrected chi connectivity index (χ0v) is 21.3. The van der Waals surface area contributed by atoms with Gasteiger partial charge in [-0.15, -0.1) is 0 Å². The third kappa shape index (κ3) is 3.20. The summed E-state index contributed by atoms with van der Waals surface area (Å²) in [5.74, 6) is 0. The fraction of sp³-hybridized carbons (Fsp3) is 0.111. The van der Waals surface area contributed by atoms with Gasteiger partial charge in [0, 0.05) is 33.2 Å². The van der Waals surface area contributed by atoms with E-state index in [1.54, 1.807) is 0 Å². The van der Waals surface area contributed by atoms with Crippen LogP contribution in [0, 0.1) is 0 Å². The summed E-state index contributed by atoms with van der Waals surface area (Å²) in [5, 5.41) is 3.98. The van der Waals surface area contributed by atoms with E-state index in [1.807, 2.05) is 0 Å². The summed E-state index contributed by atoms with van der Waals surface area (Å²) in [6.45, 7) is 0. The highest BCUT2D eigenvalue weighted by Crippen LogP contribution is 2.39. The molecule has 0 saturated heterocycles. The van der Waals surface area contributed by atoms with Gasteiger partial charge in [-0.3, -0.25) is 0 Å². The van der Waals surface area contributed by atoms with Crippen LogP contribution in [0.5, 0.6) is 0 Å². The second-order valence-electron chi connectivity index (χ2n) is 10.4. The van der Waals surface area contributed by atoms with Gasteiger partial charge in [-0.1, -0.05) is 66.8 Å². The molecule has 8 rings (SSSR count). The van der Waals surface area contributed by atoms with E-state index in [0.29, 0.717) is 0 Å². The molecule has 0 atom stereocenters. The lowest BCUT2D eigenvalue weighted by molar-refractivity contribution is 0.929. The van der Waals surface area contributed by atoms with Gasteiger partial charge < -0.3 is 9.13 Å². The van der Waals surface area contributed by atoms with Gasteiger partial charge in [0.15, 0.2) is 0 Å². The van der Waals surface area contributed by atoms with Gasteiger partial charge in [0.25, 0.3) is 0 Å². The van der Waals surface area contributed by atoms with Crippen molar-refractivity contribution in [2.45, 2.75) is 25.7 Å². The Morgan fingerprint density at radius 3 is 2.08 bits per heavy atom. The lowest BCUT2D eigenvalue weighted by Gasteiger charge is -2.16. The highest BCUT2D eigenvalue weighted by molar-refractivity contribution is 6.10. The third-order valence-electron chi connectivity index (χ3n) is 8.25. The number of nitrogens with zero attached hydrogens (tertiary/aromatic N) is 2. The summed E-state index contributed by atoms with van der Waals surface area (Å²) in [6.07, 6.45) is 15.8. The van der Waals surface area contributed by atoms with Crippen LogP contribution in [0.25, 0.3) is 61.3 Å². The summed E-state index contributed by atoms with van der Waals surface area (Å²) >= 11 is 0. The van der Waals surface area contributed by atoms with E-state index in [9.17, 15) is 0 Å². The number of aryl methyl sites for hydroxylation is 1. The second kappa shape index (κ2) is 8.49. The zero-order valence-electron chi connectivity index (χ0n) is 21.3. The average molecular weight is 489 g/mol. The standard InChI is InChI=1S/C36H28N2/c1-3-11-27(12-4-1)37-33-17-9-7-15-29(33)31-23-25(19-21-35(31)37)26-20-22-36-32(24-26)30-16-8-10-18-34(30)38(36)28-13-5-2-6-14-28/h1-5,7,9-13,15,17-24H,6,8,14,16H2. The summed E-state index contributed by atoms with van der Waals surface area (Å²) in [7, 11) is 0. The molecule has 2 aliphatic carbocycles. The maximum Gasteiger partial charge on any atom is 0.0541 e. The molecule has 0 amide bonds. The number of hydrogen-bond acceptors (Lipinski definition) is 0. The normalized spacial score (nSPS) is 14.9. The number of para-hydroxylation sites is 2. The van der Waals surface area contributed by atoms with Crippen LogP contribution in [-0.4, -0.2) is 9.13 Å². The molecule has 38 heavy (non-hydrogen) atoms. The van der Waals surface area contributed by atoms with E-state index in [-0.39, 0.29) is 0 Å². The number of allylic oxidation sites excluding steroid dienone is 5. The molecule has 0 fully saturated rings. The predicted molar refractivity (Wildman–Crippen MR) is 162 cm³/mol. The van der Waals surface area contributed by atoms with Crippen LogP contribution in [0.1, 0.15) is 30.5 Å². The van der Waals surface area contributed by atoms with Crippen molar-refractivity contribution in [2.24, 2.45) is 0 Å². The van der Waals surface area contributed by atoms with Gasteiger partial charge in [-0.2, -0.15) is 0 Å². The summed E-state index contributed by atoms with van der Waals surface area (Å²) < 4.78 is 4.89. The van der Waals surface area contributed by atoms with Crippen molar-refractivity contribution < 1.29 is 0 Å². The largest absolute Gasteiger partial charge is 0.313 e. The molecule has 2 heterocycles. The Bertz CT molecular complexity index is 1960. The smallest absolute Gasteiger partial charge is 0.0541 e. The van der Waals surface area contributed by atoms with Gasteiger partial charge >= 0.3 is 0 Å². The molecule has 0 saturated carbocycles. The minimum atomic E-state index is 1.09. The molecular formula is C36H28N2. The topological polar surface area (TPSA) is 9.86 Å². The fourth-order valence-electron chi connectivity index (χ4n) is 6.51. The SMILES string of the molecule is C1=CCCC(n2c3c(c4cc(-c5ccc6c(c5)c5ccccc5n6-c5ccccc5)ccc42)CCC=C3)=C1. The molecule has 4 aromatic carbocycles. The van der Waals surface area contributed by atoms with Gasteiger partial charge in [0.05, 0.1) is 16.6 Å². The Kier molecular flexibility index (Phi) is 4.81. The molecule has 2 aliphatic rings. The van der Waals surface area contributed by atoms with E-state index < -0.39 is 0 Å². The van der Waals surface area contributed by atoms with Gasteiger partial charge in [0.1, 0.15) is 0 Å². The molecule has 0 aliphatic heterocycles. The quantitative estimate of drug-likeness (QED) is 0.235. The van der Waals surface area contributed by atoms with Crippen molar-refractivity contribution >= 4 is 44.5 Å². The number of rotatable bonds is 3. The van der Waals surface area contributed by atoms with Gasteiger partial charge in [0.2, 0.25) is 0 Å². The molecule has 0 N–H and O–H groups in total. The van der Waals surface area contributed by atoms with Crippen LogP contribution in [0.4, 0.5) is 0 Å². The van der Waals surface area contributed by atoms with Crippen LogP contribution in [0.3, 0.4) is 0 Å². The van der Waals surface area contributed by atoms with Gasteiger partial charge in [-0.05, 0) is 97.0 Å². The van der Waals surface area contributed by atoms with Crippen molar-refractivity contribution in [2.75, 3.05) is 0 Å². The van der Waals surface area contributed by atoms with Crippen molar-refractivity contribution in [1.82, 2.24) is 9.13 Å². The number of aromatic nitrogens is 2. The fourth-order valence-corrected chi connectivity index (χ4v) is 6.51. The maximum absolute atomic E-state index is 2.50. The first kappa shape index (κ1) is 21.5. The summed E-state index contributed by atoms with van der Waals surface area (Å²) in [6, 6.07) is 33.5. The molecule has 2 aromatic heterocycles. The molecule has 0 radical (unpaired) electrons. The molecule has 2 heteroatoms. The van der Waals surface area contributed by atoms with Crippen LogP contribution in [-0.2, 0) is 6.42 Å². The van der Waals surface area contributed by atoms with Crippen LogP contribution >= 0.6 is 0 Å². The third-order valence-corrected chi connectivity index (χ3v) is 8.25. The lowest BCUT2D eigenvalue weighted by Crippen LogP contribution is -2.03. The van der Waals surface area contributed by atoms with E-state index >= 15 is 0 Å². The van der Waals surface area contributed by atoms with E-state index in [2.05, 4.69) is 131 Å². The van der Waals surface area contributed by atoms with Gasteiger partial charge in [-0.25, -0.2) is 0 Å². The Hall–Kier alpha value is -4.56. The highest BCUT2D eigenvalue weighted by atomic mass is 15.0. The van der Waals surface area contributed by atoms with Crippen molar-refractivity contribution in [3.05, 3.63) is 127 Å². The summed E-state index contributed by atoms with van der Waals surface area (Å²) in [5.41, 5.74) is 11.8.